The summed E-state index contributed by atoms with van der Waals surface area (Å²) in [5, 5.41) is 3.02. The smallest absolute Gasteiger partial charge is 0.227 e. The van der Waals surface area contributed by atoms with Gasteiger partial charge in [0.15, 0.2) is 5.58 Å². The van der Waals surface area contributed by atoms with Gasteiger partial charge in [-0.3, -0.25) is 4.79 Å². The maximum absolute atomic E-state index is 12.4. The second-order valence-electron chi connectivity index (χ2n) is 9.62. The number of oxazole rings is 1. The lowest BCUT2D eigenvalue weighted by molar-refractivity contribution is -0.116. The van der Waals surface area contributed by atoms with Crippen LogP contribution in [0.4, 0.5) is 5.69 Å². The van der Waals surface area contributed by atoms with E-state index in [0.717, 1.165) is 23.2 Å². The van der Waals surface area contributed by atoms with Crippen molar-refractivity contribution in [2.24, 2.45) is 5.92 Å². The molecule has 1 amide bonds. The minimum atomic E-state index is 0.0810. The van der Waals surface area contributed by atoms with Gasteiger partial charge in [-0.15, -0.1) is 0 Å². The monoisotopic (exact) mass is 404 g/mol. The number of carbonyl (C=O) groups excluding carboxylic acids is 1. The van der Waals surface area contributed by atoms with Crippen LogP contribution in [0.5, 0.6) is 0 Å². The van der Waals surface area contributed by atoms with E-state index in [-0.39, 0.29) is 11.3 Å². The lowest BCUT2D eigenvalue weighted by Crippen LogP contribution is -2.14. The fraction of sp³-hybridized carbons (Fsp3) is 0.462. The largest absolute Gasteiger partial charge is 0.436 e. The van der Waals surface area contributed by atoms with Crippen LogP contribution in [-0.4, -0.2) is 10.9 Å². The molecule has 30 heavy (non-hydrogen) atoms. The molecule has 4 rings (SSSR count). The highest BCUT2D eigenvalue weighted by Crippen LogP contribution is 2.30. The van der Waals surface area contributed by atoms with Gasteiger partial charge in [0.25, 0.3) is 0 Å². The number of amides is 1. The van der Waals surface area contributed by atoms with Crippen LogP contribution in [0.2, 0.25) is 0 Å². The van der Waals surface area contributed by atoms with Crippen molar-refractivity contribution < 1.29 is 9.21 Å². The Labute approximate surface area is 179 Å². The van der Waals surface area contributed by atoms with Crippen LogP contribution in [0, 0.1) is 5.92 Å². The van der Waals surface area contributed by atoms with Crippen LogP contribution in [0.25, 0.3) is 22.6 Å². The lowest BCUT2D eigenvalue weighted by atomic mass is 9.86. The number of nitrogens with zero attached hydrogens (tertiary/aromatic N) is 1. The molecule has 1 aliphatic carbocycles. The summed E-state index contributed by atoms with van der Waals surface area (Å²) in [4.78, 5) is 17.0. The van der Waals surface area contributed by atoms with Gasteiger partial charge in [-0.2, -0.15) is 0 Å². The number of carbonyl (C=O) groups is 1. The molecular weight excluding hydrogens is 372 g/mol. The second kappa shape index (κ2) is 8.63. The number of fused-ring (bicyclic) bond motifs is 1. The van der Waals surface area contributed by atoms with E-state index in [1.54, 1.807) is 0 Å². The zero-order valence-electron chi connectivity index (χ0n) is 18.3. The Bertz CT molecular complexity index is 1010. The van der Waals surface area contributed by atoms with Crippen molar-refractivity contribution in [3.8, 4) is 11.5 Å². The first-order valence-electron chi connectivity index (χ1n) is 11.2. The van der Waals surface area contributed by atoms with Crippen LogP contribution in [0.1, 0.15) is 71.3 Å². The third-order valence-corrected chi connectivity index (χ3v) is 6.17. The zero-order valence-corrected chi connectivity index (χ0v) is 18.3. The third kappa shape index (κ3) is 4.92. The fourth-order valence-corrected chi connectivity index (χ4v) is 4.27. The number of hydrogen-bond acceptors (Lipinski definition) is 3. The normalized spacial score (nSPS) is 15.4. The molecule has 1 aromatic heterocycles. The molecule has 0 spiro atoms. The number of rotatable bonds is 5. The Hall–Kier alpha value is -2.62. The zero-order chi connectivity index (χ0) is 21.1. The quantitative estimate of drug-likeness (QED) is 0.494. The predicted molar refractivity (Wildman–Crippen MR) is 123 cm³/mol. The molecule has 0 aliphatic heterocycles. The van der Waals surface area contributed by atoms with Crippen molar-refractivity contribution in [2.75, 3.05) is 5.32 Å². The molecule has 0 atom stereocenters. The van der Waals surface area contributed by atoms with E-state index in [1.165, 1.54) is 37.7 Å². The molecule has 0 bridgehead atoms. The van der Waals surface area contributed by atoms with Crippen LogP contribution in [0.3, 0.4) is 0 Å². The minimum Gasteiger partial charge on any atom is -0.436 e. The summed E-state index contributed by atoms with van der Waals surface area (Å²) < 4.78 is 5.99. The second-order valence-corrected chi connectivity index (χ2v) is 9.62. The van der Waals surface area contributed by atoms with Gasteiger partial charge in [-0.05, 0) is 47.6 Å². The first kappa shape index (κ1) is 20.6. The van der Waals surface area contributed by atoms with E-state index < -0.39 is 0 Å². The lowest BCUT2D eigenvalue weighted by Gasteiger charge is -2.20. The molecular formula is C26H32N2O2. The topological polar surface area (TPSA) is 55.1 Å². The Morgan fingerprint density at radius 2 is 1.80 bits per heavy atom. The molecule has 2 aromatic carbocycles. The Morgan fingerprint density at radius 1 is 1.07 bits per heavy atom. The van der Waals surface area contributed by atoms with Gasteiger partial charge in [0.1, 0.15) is 5.52 Å². The van der Waals surface area contributed by atoms with E-state index in [4.69, 9.17) is 4.42 Å². The highest BCUT2D eigenvalue weighted by atomic mass is 16.3. The van der Waals surface area contributed by atoms with Crippen molar-refractivity contribution >= 4 is 22.7 Å². The molecule has 1 fully saturated rings. The van der Waals surface area contributed by atoms with Gasteiger partial charge >= 0.3 is 0 Å². The molecule has 1 saturated carbocycles. The van der Waals surface area contributed by atoms with E-state index in [9.17, 15) is 4.79 Å². The molecule has 1 heterocycles. The number of benzene rings is 2. The van der Waals surface area contributed by atoms with E-state index in [0.29, 0.717) is 23.8 Å². The molecule has 0 saturated heterocycles. The van der Waals surface area contributed by atoms with Crippen molar-refractivity contribution in [3.63, 3.8) is 0 Å². The summed E-state index contributed by atoms with van der Waals surface area (Å²) in [5.74, 6) is 1.40. The Kier molecular flexibility index (Phi) is 5.94. The Morgan fingerprint density at radius 3 is 2.50 bits per heavy atom. The van der Waals surface area contributed by atoms with Gasteiger partial charge in [0.05, 0.1) is 0 Å². The average Bonchev–Trinajstić information content (AvgIpc) is 3.16. The Balaban J connectivity index is 1.42. The summed E-state index contributed by atoms with van der Waals surface area (Å²) in [6.07, 6.45) is 8.11. The molecule has 0 radical (unpaired) electrons. The van der Waals surface area contributed by atoms with Crippen LogP contribution in [0.15, 0.2) is 46.9 Å². The van der Waals surface area contributed by atoms with E-state index >= 15 is 0 Å². The van der Waals surface area contributed by atoms with Crippen molar-refractivity contribution in [1.29, 1.82) is 0 Å². The molecule has 1 aliphatic rings. The van der Waals surface area contributed by atoms with Crippen molar-refractivity contribution in [1.82, 2.24) is 4.98 Å². The molecule has 158 valence electrons. The summed E-state index contributed by atoms with van der Waals surface area (Å²) in [6.45, 7) is 6.60. The maximum atomic E-state index is 12.4. The summed E-state index contributed by atoms with van der Waals surface area (Å²) in [5.41, 5.74) is 4.60. The van der Waals surface area contributed by atoms with Crippen LogP contribution < -0.4 is 5.32 Å². The SMILES string of the molecule is CC(C)(C)c1ccc(-c2nc3ccc(NC(=O)CCC4CCCCC4)cc3o2)cc1. The average molecular weight is 405 g/mol. The number of aromatic nitrogens is 1. The number of anilines is 1. The van der Waals surface area contributed by atoms with Crippen LogP contribution >= 0.6 is 0 Å². The highest BCUT2D eigenvalue weighted by molar-refractivity contribution is 5.93. The summed E-state index contributed by atoms with van der Waals surface area (Å²) >= 11 is 0. The molecule has 1 N–H and O–H groups in total. The molecule has 0 unspecified atom stereocenters. The number of hydrogen-bond donors (Lipinski definition) is 1. The van der Waals surface area contributed by atoms with Gasteiger partial charge < -0.3 is 9.73 Å². The summed E-state index contributed by atoms with van der Waals surface area (Å²) in [7, 11) is 0. The maximum Gasteiger partial charge on any atom is 0.227 e. The first-order chi connectivity index (χ1) is 14.4. The fourth-order valence-electron chi connectivity index (χ4n) is 4.27. The summed E-state index contributed by atoms with van der Waals surface area (Å²) in [6, 6.07) is 14.0. The molecule has 4 nitrogen and oxygen atoms in total. The van der Waals surface area contributed by atoms with Gasteiger partial charge in [-0.25, -0.2) is 4.98 Å². The van der Waals surface area contributed by atoms with E-state index in [2.05, 4.69) is 55.3 Å². The predicted octanol–water partition coefficient (Wildman–Crippen LogP) is 7.09. The first-order valence-corrected chi connectivity index (χ1v) is 11.2. The third-order valence-electron chi connectivity index (χ3n) is 6.17. The van der Waals surface area contributed by atoms with Gasteiger partial charge in [0.2, 0.25) is 11.8 Å². The van der Waals surface area contributed by atoms with E-state index in [1.807, 2.05) is 18.2 Å². The number of nitrogens with one attached hydrogen (secondary N) is 1. The van der Waals surface area contributed by atoms with Crippen molar-refractivity contribution in [2.45, 2.75) is 71.1 Å². The van der Waals surface area contributed by atoms with Crippen molar-refractivity contribution in [3.05, 3.63) is 48.0 Å². The van der Waals surface area contributed by atoms with Gasteiger partial charge in [-0.1, -0.05) is 65.0 Å². The molecule has 3 aromatic rings. The van der Waals surface area contributed by atoms with Gasteiger partial charge in [0, 0.05) is 23.7 Å². The minimum absolute atomic E-state index is 0.0810. The standard InChI is InChI=1S/C26H32N2O2/c1-26(2,3)20-12-10-19(11-13-20)25-28-22-15-14-21(17-23(22)30-25)27-24(29)16-9-18-7-5-4-6-8-18/h10-15,17-18H,4-9,16H2,1-3H3,(H,27,29). The highest BCUT2D eigenvalue weighted by Gasteiger charge is 2.16. The van der Waals surface area contributed by atoms with Crippen LogP contribution in [-0.2, 0) is 10.2 Å². The molecule has 4 heteroatoms.